The van der Waals surface area contributed by atoms with E-state index in [1.54, 1.807) is 35.7 Å². The van der Waals surface area contributed by atoms with Crippen LogP contribution in [0.25, 0.3) is 11.3 Å². The molecule has 1 aromatic heterocycles. The van der Waals surface area contributed by atoms with Crippen molar-refractivity contribution in [2.24, 2.45) is 0 Å². The van der Waals surface area contributed by atoms with E-state index in [-0.39, 0.29) is 36.3 Å². The lowest BCUT2D eigenvalue weighted by molar-refractivity contribution is -0.116. The van der Waals surface area contributed by atoms with Gasteiger partial charge < -0.3 is 16.0 Å². The van der Waals surface area contributed by atoms with Gasteiger partial charge in [-0.15, -0.1) is 11.3 Å². The fourth-order valence-corrected chi connectivity index (χ4v) is 3.35. The summed E-state index contributed by atoms with van der Waals surface area (Å²) in [5, 5.41) is 9.78. The third-order valence-electron chi connectivity index (χ3n) is 3.99. The highest BCUT2D eigenvalue weighted by Gasteiger charge is 2.13. The minimum absolute atomic E-state index is 0.0766. The molecule has 30 heavy (non-hydrogen) atoms. The molecular weight excluding hydrogens is 407 g/mol. The van der Waals surface area contributed by atoms with Crippen molar-refractivity contribution in [3.8, 4) is 11.3 Å². The highest BCUT2D eigenvalue weighted by molar-refractivity contribution is 7.14. The Kier molecular flexibility index (Phi) is 6.87. The lowest BCUT2D eigenvalue weighted by Gasteiger charge is -2.05. The summed E-state index contributed by atoms with van der Waals surface area (Å²) in [5.74, 6) is -1.39. The summed E-state index contributed by atoms with van der Waals surface area (Å²) in [6, 6.07) is 13.0. The van der Waals surface area contributed by atoms with Crippen LogP contribution < -0.4 is 16.0 Å². The number of nitrogens with one attached hydrogen (secondary N) is 3. The molecule has 9 heteroatoms. The molecule has 7 nitrogen and oxygen atoms in total. The molecule has 3 rings (SSSR count). The third-order valence-corrected chi connectivity index (χ3v) is 4.75. The zero-order valence-electron chi connectivity index (χ0n) is 16.1. The van der Waals surface area contributed by atoms with E-state index >= 15 is 0 Å². The molecule has 3 amide bonds. The van der Waals surface area contributed by atoms with E-state index in [4.69, 9.17) is 0 Å². The number of carbonyl (C=O) groups is 3. The number of nitrogens with zero attached hydrogens (tertiary/aromatic N) is 1. The zero-order valence-corrected chi connectivity index (χ0v) is 16.9. The largest absolute Gasteiger partial charge is 0.352 e. The molecular formula is C21H19FN4O3S. The number of thiazole rings is 1. The van der Waals surface area contributed by atoms with Gasteiger partial charge in [0.25, 0.3) is 5.91 Å². The first-order chi connectivity index (χ1) is 14.4. The van der Waals surface area contributed by atoms with Crippen LogP contribution in [0.15, 0.2) is 53.9 Å². The van der Waals surface area contributed by atoms with Gasteiger partial charge >= 0.3 is 0 Å². The lowest BCUT2D eigenvalue weighted by atomic mass is 10.1. The molecule has 154 valence electrons. The predicted octanol–water partition coefficient (Wildman–Crippen LogP) is 3.67. The number of anilines is 2. The monoisotopic (exact) mass is 426 g/mol. The SMILES string of the molecule is CC(=O)Nc1ccc(-c2csc(NC(=O)CCNC(=O)c3ccccc3)n2)c(F)c1. The molecule has 0 aliphatic rings. The number of amides is 3. The van der Waals surface area contributed by atoms with Crippen LogP contribution in [0.4, 0.5) is 15.2 Å². The molecule has 3 N–H and O–H groups in total. The maximum atomic E-state index is 14.3. The number of halogens is 1. The highest BCUT2D eigenvalue weighted by atomic mass is 32.1. The number of benzene rings is 2. The molecule has 3 aromatic rings. The summed E-state index contributed by atoms with van der Waals surface area (Å²) in [5.41, 5.74) is 1.51. The molecule has 0 unspecified atom stereocenters. The fourth-order valence-electron chi connectivity index (χ4n) is 2.62. The first-order valence-electron chi connectivity index (χ1n) is 9.08. The summed E-state index contributed by atoms with van der Waals surface area (Å²) >= 11 is 1.17. The fraction of sp³-hybridized carbons (Fsp3) is 0.143. The molecule has 0 saturated heterocycles. The Morgan fingerprint density at radius 1 is 1.07 bits per heavy atom. The zero-order chi connectivity index (χ0) is 21.5. The molecule has 0 aliphatic carbocycles. The summed E-state index contributed by atoms with van der Waals surface area (Å²) < 4.78 is 14.3. The second-order valence-corrected chi connectivity index (χ2v) is 7.19. The molecule has 0 radical (unpaired) electrons. The van der Waals surface area contributed by atoms with E-state index in [9.17, 15) is 18.8 Å². The van der Waals surface area contributed by atoms with Gasteiger partial charge in [-0.25, -0.2) is 9.37 Å². The van der Waals surface area contributed by atoms with Crippen LogP contribution in [0.2, 0.25) is 0 Å². The molecule has 0 fully saturated rings. The van der Waals surface area contributed by atoms with E-state index < -0.39 is 5.82 Å². The Morgan fingerprint density at radius 2 is 1.83 bits per heavy atom. The van der Waals surface area contributed by atoms with E-state index in [2.05, 4.69) is 20.9 Å². The van der Waals surface area contributed by atoms with Crippen LogP contribution in [0, 0.1) is 5.82 Å². The predicted molar refractivity (Wildman–Crippen MR) is 114 cm³/mol. The first-order valence-corrected chi connectivity index (χ1v) is 9.96. The van der Waals surface area contributed by atoms with E-state index in [1.165, 1.54) is 30.4 Å². The Balaban J connectivity index is 1.53. The number of carbonyl (C=O) groups excluding carboxylic acids is 3. The average Bonchev–Trinajstić information content (AvgIpc) is 3.16. The van der Waals surface area contributed by atoms with Crippen molar-refractivity contribution in [2.45, 2.75) is 13.3 Å². The van der Waals surface area contributed by atoms with Gasteiger partial charge in [-0.3, -0.25) is 14.4 Å². The first kappa shape index (κ1) is 21.1. The van der Waals surface area contributed by atoms with Gasteiger partial charge in [0.1, 0.15) is 5.82 Å². The maximum absolute atomic E-state index is 14.3. The van der Waals surface area contributed by atoms with Gasteiger partial charge in [-0.2, -0.15) is 0 Å². The third kappa shape index (κ3) is 5.71. The number of aromatic nitrogens is 1. The quantitative estimate of drug-likeness (QED) is 0.537. The van der Waals surface area contributed by atoms with Crippen LogP contribution in [0.3, 0.4) is 0 Å². The van der Waals surface area contributed by atoms with Crippen LogP contribution in [0.1, 0.15) is 23.7 Å². The van der Waals surface area contributed by atoms with Crippen molar-refractivity contribution in [3.63, 3.8) is 0 Å². The second-order valence-electron chi connectivity index (χ2n) is 6.33. The van der Waals surface area contributed by atoms with Gasteiger partial charge in [0, 0.05) is 42.1 Å². The average molecular weight is 426 g/mol. The Hall–Kier alpha value is -3.59. The van der Waals surface area contributed by atoms with Crippen LogP contribution in [0.5, 0.6) is 0 Å². The normalized spacial score (nSPS) is 10.3. The topological polar surface area (TPSA) is 100 Å². The second kappa shape index (κ2) is 9.75. The Bertz CT molecular complexity index is 1070. The number of rotatable bonds is 7. The highest BCUT2D eigenvalue weighted by Crippen LogP contribution is 2.28. The van der Waals surface area contributed by atoms with Crippen molar-refractivity contribution in [1.82, 2.24) is 10.3 Å². The van der Waals surface area contributed by atoms with Crippen molar-refractivity contribution in [2.75, 3.05) is 17.2 Å². The van der Waals surface area contributed by atoms with E-state index in [1.807, 2.05) is 6.07 Å². The van der Waals surface area contributed by atoms with Gasteiger partial charge in [-0.05, 0) is 30.3 Å². The lowest BCUT2D eigenvalue weighted by Crippen LogP contribution is -2.27. The Morgan fingerprint density at radius 3 is 2.53 bits per heavy atom. The van der Waals surface area contributed by atoms with Crippen molar-refractivity contribution in [3.05, 3.63) is 65.3 Å². The van der Waals surface area contributed by atoms with Crippen LogP contribution >= 0.6 is 11.3 Å². The molecule has 0 bridgehead atoms. The summed E-state index contributed by atoms with van der Waals surface area (Å²) in [6.07, 6.45) is 0.0766. The molecule has 1 heterocycles. The van der Waals surface area contributed by atoms with E-state index in [0.29, 0.717) is 22.1 Å². The summed E-state index contributed by atoms with van der Waals surface area (Å²) in [6.45, 7) is 1.52. The van der Waals surface area contributed by atoms with Crippen LogP contribution in [-0.2, 0) is 9.59 Å². The van der Waals surface area contributed by atoms with Gasteiger partial charge in [-0.1, -0.05) is 18.2 Å². The summed E-state index contributed by atoms with van der Waals surface area (Å²) in [7, 11) is 0. The smallest absolute Gasteiger partial charge is 0.251 e. The maximum Gasteiger partial charge on any atom is 0.251 e. The molecule has 0 atom stereocenters. The summed E-state index contributed by atoms with van der Waals surface area (Å²) in [4.78, 5) is 39.3. The van der Waals surface area contributed by atoms with Crippen molar-refractivity contribution in [1.29, 1.82) is 0 Å². The molecule has 0 saturated carbocycles. The van der Waals surface area contributed by atoms with Crippen molar-refractivity contribution < 1.29 is 18.8 Å². The van der Waals surface area contributed by atoms with E-state index in [0.717, 1.165) is 0 Å². The number of hydrogen-bond donors (Lipinski definition) is 3. The van der Waals surface area contributed by atoms with Gasteiger partial charge in [0.2, 0.25) is 11.8 Å². The molecule has 0 spiro atoms. The van der Waals surface area contributed by atoms with Crippen LogP contribution in [-0.4, -0.2) is 29.3 Å². The number of hydrogen-bond acceptors (Lipinski definition) is 5. The molecule has 2 aromatic carbocycles. The minimum Gasteiger partial charge on any atom is -0.352 e. The molecule has 0 aliphatic heterocycles. The van der Waals surface area contributed by atoms with Gasteiger partial charge in [0.15, 0.2) is 5.13 Å². The van der Waals surface area contributed by atoms with Crippen molar-refractivity contribution >= 4 is 39.9 Å². The Labute approximate surface area is 176 Å². The minimum atomic E-state index is -0.534. The standard InChI is InChI=1S/C21H19FN4O3S/c1-13(27)24-15-7-8-16(17(22)11-15)18-12-30-21(25-18)26-19(28)9-10-23-20(29)14-5-3-2-4-6-14/h2-8,11-12H,9-10H2,1H3,(H,23,29)(H,24,27)(H,25,26,28). The van der Waals surface area contributed by atoms with Gasteiger partial charge in [0.05, 0.1) is 5.69 Å².